The van der Waals surface area contributed by atoms with E-state index >= 15 is 0 Å². The maximum absolute atomic E-state index is 11.6. The number of nitrogens with one attached hydrogen (secondary N) is 2. The van der Waals surface area contributed by atoms with Crippen LogP contribution in [-0.2, 0) is 0 Å². The highest BCUT2D eigenvalue weighted by atomic mass is 16.3. The van der Waals surface area contributed by atoms with E-state index in [0.29, 0.717) is 5.56 Å². The highest BCUT2D eigenvalue weighted by Crippen LogP contribution is 2.07. The molecule has 1 aliphatic rings. The van der Waals surface area contributed by atoms with Gasteiger partial charge in [-0.1, -0.05) is 0 Å². The molecule has 1 aromatic rings. The van der Waals surface area contributed by atoms with Gasteiger partial charge in [-0.15, -0.1) is 0 Å². The Labute approximate surface area is 82.7 Å². The number of aryl methyl sites for hydroxylation is 1. The predicted molar refractivity (Wildman–Crippen MR) is 52.2 cm³/mol. The van der Waals surface area contributed by atoms with Crippen molar-refractivity contribution in [1.82, 2.24) is 10.6 Å². The zero-order valence-electron chi connectivity index (χ0n) is 8.17. The van der Waals surface area contributed by atoms with Crippen LogP contribution in [0, 0.1) is 6.92 Å². The third-order valence-electron chi connectivity index (χ3n) is 2.39. The van der Waals surface area contributed by atoms with Gasteiger partial charge in [-0.3, -0.25) is 4.79 Å². The highest BCUT2D eigenvalue weighted by Gasteiger charge is 2.18. The lowest BCUT2D eigenvalue weighted by atomic mass is 10.2. The number of amides is 1. The van der Waals surface area contributed by atoms with Gasteiger partial charge in [0.05, 0.1) is 5.56 Å². The van der Waals surface area contributed by atoms with E-state index in [-0.39, 0.29) is 11.9 Å². The molecule has 1 aliphatic heterocycles. The van der Waals surface area contributed by atoms with Crippen molar-refractivity contribution in [1.29, 1.82) is 0 Å². The van der Waals surface area contributed by atoms with E-state index in [1.807, 2.05) is 6.92 Å². The van der Waals surface area contributed by atoms with E-state index in [0.717, 1.165) is 25.3 Å². The third-order valence-corrected chi connectivity index (χ3v) is 2.39. The third kappa shape index (κ3) is 1.96. The zero-order chi connectivity index (χ0) is 9.97. The first kappa shape index (κ1) is 9.27. The fraction of sp³-hybridized carbons (Fsp3) is 0.500. The number of hydrogen-bond donors (Lipinski definition) is 2. The average Bonchev–Trinajstić information content (AvgIpc) is 2.75. The molecule has 0 aliphatic carbocycles. The van der Waals surface area contributed by atoms with Gasteiger partial charge in [-0.2, -0.15) is 0 Å². The van der Waals surface area contributed by atoms with E-state index in [2.05, 4.69) is 10.6 Å². The molecule has 1 fully saturated rings. The summed E-state index contributed by atoms with van der Waals surface area (Å²) in [5.74, 6) is 0.718. The number of rotatable bonds is 2. The molecule has 0 saturated carbocycles. The van der Waals surface area contributed by atoms with Crippen molar-refractivity contribution in [3.05, 3.63) is 23.7 Å². The van der Waals surface area contributed by atoms with E-state index in [4.69, 9.17) is 4.42 Å². The minimum atomic E-state index is -0.0458. The maximum Gasteiger partial charge on any atom is 0.254 e. The highest BCUT2D eigenvalue weighted by molar-refractivity contribution is 5.94. The second-order valence-corrected chi connectivity index (χ2v) is 3.61. The Hall–Kier alpha value is -1.29. The van der Waals surface area contributed by atoms with E-state index in [1.165, 1.54) is 6.26 Å². The Morgan fingerprint density at radius 3 is 3.14 bits per heavy atom. The summed E-state index contributed by atoms with van der Waals surface area (Å²) in [5.41, 5.74) is 0.606. The van der Waals surface area contributed by atoms with Gasteiger partial charge in [-0.05, 0) is 26.0 Å². The molecule has 0 unspecified atom stereocenters. The van der Waals surface area contributed by atoms with Crippen LogP contribution >= 0.6 is 0 Å². The van der Waals surface area contributed by atoms with Crippen molar-refractivity contribution in [2.24, 2.45) is 0 Å². The standard InChI is InChI=1S/C10H14N2O2/c1-7-4-8(6-14-7)10(13)12-9-2-3-11-5-9/h4,6,9,11H,2-3,5H2,1H3,(H,12,13)/t9-/m1/s1. The lowest BCUT2D eigenvalue weighted by Gasteiger charge is -2.09. The lowest BCUT2D eigenvalue weighted by molar-refractivity contribution is 0.0939. The topological polar surface area (TPSA) is 54.3 Å². The number of carbonyl (C=O) groups excluding carboxylic acids is 1. The molecule has 0 radical (unpaired) electrons. The summed E-state index contributed by atoms with van der Waals surface area (Å²) in [7, 11) is 0. The van der Waals surface area contributed by atoms with Crippen molar-refractivity contribution in [3.8, 4) is 0 Å². The largest absolute Gasteiger partial charge is 0.469 e. The number of furan rings is 1. The molecule has 1 amide bonds. The molecule has 1 atom stereocenters. The molecule has 2 rings (SSSR count). The zero-order valence-corrected chi connectivity index (χ0v) is 8.17. The molecular formula is C10H14N2O2. The molecule has 14 heavy (non-hydrogen) atoms. The van der Waals surface area contributed by atoms with Crippen LogP contribution in [0.3, 0.4) is 0 Å². The van der Waals surface area contributed by atoms with E-state index in [9.17, 15) is 4.79 Å². The van der Waals surface area contributed by atoms with Gasteiger partial charge < -0.3 is 15.1 Å². The van der Waals surface area contributed by atoms with Crippen LogP contribution in [0.4, 0.5) is 0 Å². The quantitative estimate of drug-likeness (QED) is 0.728. The summed E-state index contributed by atoms with van der Waals surface area (Å²) in [4.78, 5) is 11.6. The molecule has 2 heterocycles. The Morgan fingerprint density at radius 1 is 1.71 bits per heavy atom. The number of hydrogen-bond acceptors (Lipinski definition) is 3. The molecule has 76 valence electrons. The van der Waals surface area contributed by atoms with Crippen LogP contribution in [0.5, 0.6) is 0 Å². The van der Waals surface area contributed by atoms with Gasteiger partial charge in [0.25, 0.3) is 5.91 Å². The van der Waals surface area contributed by atoms with Gasteiger partial charge in [0, 0.05) is 12.6 Å². The summed E-state index contributed by atoms with van der Waals surface area (Å²) in [6.45, 7) is 3.67. The second kappa shape index (κ2) is 3.84. The van der Waals surface area contributed by atoms with Crippen molar-refractivity contribution < 1.29 is 9.21 Å². The van der Waals surface area contributed by atoms with Crippen molar-refractivity contribution in [2.75, 3.05) is 13.1 Å². The van der Waals surface area contributed by atoms with Gasteiger partial charge in [0.15, 0.2) is 0 Å². The van der Waals surface area contributed by atoms with Crippen LogP contribution in [0.15, 0.2) is 16.7 Å². The minimum Gasteiger partial charge on any atom is -0.469 e. The monoisotopic (exact) mass is 194 g/mol. The molecule has 2 N–H and O–H groups in total. The summed E-state index contributed by atoms with van der Waals surface area (Å²) in [6, 6.07) is 2.01. The summed E-state index contributed by atoms with van der Waals surface area (Å²) >= 11 is 0. The normalized spacial score (nSPS) is 21.1. The fourth-order valence-corrected chi connectivity index (χ4v) is 1.61. The van der Waals surface area contributed by atoms with Crippen LogP contribution < -0.4 is 10.6 Å². The number of carbonyl (C=O) groups is 1. The van der Waals surface area contributed by atoms with Crippen LogP contribution in [0.25, 0.3) is 0 Å². The first-order valence-corrected chi connectivity index (χ1v) is 4.82. The van der Waals surface area contributed by atoms with E-state index < -0.39 is 0 Å². The SMILES string of the molecule is Cc1cc(C(=O)N[C@@H]2CCNC2)co1. The molecule has 0 bridgehead atoms. The van der Waals surface area contributed by atoms with Gasteiger partial charge in [0.2, 0.25) is 0 Å². The summed E-state index contributed by atoms with van der Waals surface area (Å²) in [6.07, 6.45) is 2.50. The average molecular weight is 194 g/mol. The molecule has 4 nitrogen and oxygen atoms in total. The molecule has 1 saturated heterocycles. The minimum absolute atomic E-state index is 0.0458. The fourth-order valence-electron chi connectivity index (χ4n) is 1.61. The molecule has 4 heteroatoms. The van der Waals surface area contributed by atoms with Gasteiger partial charge in [-0.25, -0.2) is 0 Å². The molecular weight excluding hydrogens is 180 g/mol. The Kier molecular flexibility index (Phi) is 2.54. The van der Waals surface area contributed by atoms with Crippen molar-refractivity contribution in [2.45, 2.75) is 19.4 Å². The second-order valence-electron chi connectivity index (χ2n) is 3.61. The Morgan fingerprint density at radius 2 is 2.57 bits per heavy atom. The van der Waals surface area contributed by atoms with Gasteiger partial charge >= 0.3 is 0 Å². The summed E-state index contributed by atoms with van der Waals surface area (Å²) < 4.78 is 5.07. The predicted octanol–water partition coefficient (Wildman–Crippen LogP) is 0.680. The smallest absolute Gasteiger partial charge is 0.254 e. The van der Waals surface area contributed by atoms with Gasteiger partial charge in [0.1, 0.15) is 12.0 Å². The summed E-state index contributed by atoms with van der Waals surface area (Å²) in [5, 5.41) is 6.14. The first-order chi connectivity index (χ1) is 6.75. The van der Waals surface area contributed by atoms with Crippen LogP contribution in [0.2, 0.25) is 0 Å². The molecule has 0 spiro atoms. The lowest BCUT2D eigenvalue weighted by Crippen LogP contribution is -2.35. The van der Waals surface area contributed by atoms with Crippen LogP contribution in [-0.4, -0.2) is 25.0 Å². The maximum atomic E-state index is 11.6. The van der Waals surface area contributed by atoms with Crippen molar-refractivity contribution >= 4 is 5.91 Å². The molecule has 1 aromatic heterocycles. The van der Waals surface area contributed by atoms with E-state index in [1.54, 1.807) is 6.07 Å². The Balaban J connectivity index is 1.95. The first-order valence-electron chi connectivity index (χ1n) is 4.82. The van der Waals surface area contributed by atoms with Crippen LogP contribution in [0.1, 0.15) is 22.5 Å². The van der Waals surface area contributed by atoms with Crippen molar-refractivity contribution in [3.63, 3.8) is 0 Å². The molecule has 0 aromatic carbocycles. The Bertz CT molecular complexity index is 327.